The highest BCUT2D eigenvalue weighted by Crippen LogP contribution is 2.32. The largest absolute Gasteiger partial charge is 0.444 e. The van der Waals surface area contributed by atoms with Gasteiger partial charge in [-0.2, -0.15) is 0 Å². The molecule has 116 valence electrons. The first-order valence-corrected chi connectivity index (χ1v) is 8.76. The van der Waals surface area contributed by atoms with Gasteiger partial charge in [0.1, 0.15) is 5.60 Å². The molecule has 1 aliphatic heterocycles. The summed E-state index contributed by atoms with van der Waals surface area (Å²) in [5.41, 5.74) is 8.02. The lowest BCUT2D eigenvalue weighted by Gasteiger charge is -2.26. The molecule has 6 heteroatoms. The zero-order chi connectivity index (χ0) is 15.8. The van der Waals surface area contributed by atoms with E-state index in [9.17, 15) is 4.79 Å². The van der Waals surface area contributed by atoms with Crippen molar-refractivity contribution in [1.82, 2.24) is 4.90 Å². The van der Waals surface area contributed by atoms with Gasteiger partial charge in [-0.1, -0.05) is 15.9 Å². The second kappa shape index (κ2) is 6.42. The molecule has 0 spiro atoms. The zero-order valence-electron chi connectivity index (χ0n) is 12.5. The molecule has 0 aromatic heterocycles. The number of hydrogen-bond acceptors (Lipinski definition) is 3. The molecule has 1 heterocycles. The van der Waals surface area contributed by atoms with E-state index in [-0.39, 0.29) is 12.1 Å². The summed E-state index contributed by atoms with van der Waals surface area (Å²) < 4.78 is 7.62. The number of fused-ring (bicyclic) bond motifs is 1. The van der Waals surface area contributed by atoms with Crippen LogP contribution in [0.2, 0.25) is 0 Å². The zero-order valence-corrected chi connectivity index (χ0v) is 16.2. The van der Waals surface area contributed by atoms with Crippen LogP contribution in [0.15, 0.2) is 16.6 Å². The van der Waals surface area contributed by atoms with Crippen molar-refractivity contribution in [2.75, 3.05) is 6.54 Å². The average Bonchev–Trinajstić information content (AvgIpc) is 2.48. The molecule has 0 radical (unpaired) electrons. The Kier molecular flexibility index (Phi) is 5.20. The Morgan fingerprint density at radius 2 is 2.14 bits per heavy atom. The average molecular weight is 467 g/mol. The molecule has 1 aromatic carbocycles. The van der Waals surface area contributed by atoms with Crippen LogP contribution in [0.1, 0.15) is 44.4 Å². The lowest BCUT2D eigenvalue weighted by Crippen LogP contribution is -2.36. The summed E-state index contributed by atoms with van der Waals surface area (Å²) in [6.45, 7) is 6.79. The van der Waals surface area contributed by atoms with Crippen molar-refractivity contribution >= 4 is 44.6 Å². The first-order chi connectivity index (χ1) is 9.67. The van der Waals surface area contributed by atoms with E-state index in [1.165, 1.54) is 0 Å². The van der Waals surface area contributed by atoms with Gasteiger partial charge in [0.05, 0.1) is 6.54 Å². The van der Waals surface area contributed by atoms with E-state index in [2.05, 4.69) is 44.6 Å². The molecule has 1 aliphatic rings. The van der Waals surface area contributed by atoms with Crippen molar-refractivity contribution < 1.29 is 9.53 Å². The van der Waals surface area contributed by atoms with Gasteiger partial charge >= 0.3 is 6.09 Å². The number of benzene rings is 1. The van der Waals surface area contributed by atoms with Crippen LogP contribution in [0.3, 0.4) is 0 Å². The number of rotatable bonds is 0. The smallest absolute Gasteiger partial charge is 0.410 e. The molecule has 0 bridgehead atoms. The highest BCUT2D eigenvalue weighted by molar-refractivity contribution is 14.1. The first kappa shape index (κ1) is 17.0. The lowest BCUT2D eigenvalue weighted by molar-refractivity contribution is 0.0234. The summed E-state index contributed by atoms with van der Waals surface area (Å²) in [4.78, 5) is 14.1. The molecule has 21 heavy (non-hydrogen) atoms. The first-order valence-electron chi connectivity index (χ1n) is 6.88. The van der Waals surface area contributed by atoms with Crippen molar-refractivity contribution in [2.45, 2.75) is 45.4 Å². The van der Waals surface area contributed by atoms with Crippen molar-refractivity contribution in [2.24, 2.45) is 5.73 Å². The number of nitrogens with two attached hydrogens (primary N) is 1. The molecule has 4 nitrogen and oxygen atoms in total. The Morgan fingerprint density at radius 1 is 1.48 bits per heavy atom. The normalized spacial score (nSPS) is 19.0. The summed E-state index contributed by atoms with van der Waals surface area (Å²) in [5, 5.41) is 0. The summed E-state index contributed by atoms with van der Waals surface area (Å²) in [5.74, 6) is 0. The van der Waals surface area contributed by atoms with E-state index in [0.29, 0.717) is 13.1 Å². The van der Waals surface area contributed by atoms with Crippen LogP contribution in [-0.4, -0.2) is 23.1 Å². The van der Waals surface area contributed by atoms with E-state index < -0.39 is 5.60 Å². The van der Waals surface area contributed by atoms with Crippen LogP contribution in [0.4, 0.5) is 4.79 Å². The maximum Gasteiger partial charge on any atom is 0.410 e. The Hall–Kier alpha value is -0.340. The summed E-state index contributed by atoms with van der Waals surface area (Å²) in [6.07, 6.45) is 0.458. The van der Waals surface area contributed by atoms with Gasteiger partial charge in [-0.05, 0) is 73.0 Å². The van der Waals surface area contributed by atoms with Crippen molar-refractivity contribution in [3.8, 4) is 0 Å². The van der Waals surface area contributed by atoms with E-state index in [1.807, 2.05) is 26.8 Å². The highest BCUT2D eigenvalue weighted by Gasteiger charge is 2.28. The van der Waals surface area contributed by atoms with Gasteiger partial charge in [0, 0.05) is 20.6 Å². The minimum absolute atomic E-state index is 0.0570. The molecule has 0 fully saturated rings. The maximum atomic E-state index is 12.3. The number of carbonyl (C=O) groups is 1. The topological polar surface area (TPSA) is 55.6 Å². The van der Waals surface area contributed by atoms with Crippen LogP contribution >= 0.6 is 38.5 Å². The van der Waals surface area contributed by atoms with Gasteiger partial charge in [0.25, 0.3) is 0 Å². The van der Waals surface area contributed by atoms with Crippen LogP contribution < -0.4 is 5.73 Å². The van der Waals surface area contributed by atoms with E-state index in [1.54, 1.807) is 4.90 Å². The number of halogens is 2. The Bertz CT molecular complexity index is 557. The second-order valence-corrected chi connectivity index (χ2v) is 8.33. The van der Waals surface area contributed by atoms with Crippen LogP contribution in [0.5, 0.6) is 0 Å². The lowest BCUT2D eigenvalue weighted by atomic mass is 10.0. The van der Waals surface area contributed by atoms with E-state index in [0.717, 1.165) is 25.6 Å². The molecular formula is C15H20BrIN2O2. The van der Waals surface area contributed by atoms with Crippen molar-refractivity contribution in [1.29, 1.82) is 0 Å². The molecular weight excluding hydrogens is 447 g/mol. The van der Waals surface area contributed by atoms with Gasteiger partial charge < -0.3 is 15.4 Å². The Balaban J connectivity index is 2.29. The standard InChI is InChI=1S/C15H20BrIN2O2/c1-15(2,3)21-14(20)19-5-4-13(18)10-6-9(16)7-12(17)11(10)8-19/h6-7,13H,4-5,8,18H2,1-3H3/t13-/m0/s1. The molecule has 0 unspecified atom stereocenters. The Morgan fingerprint density at radius 3 is 2.76 bits per heavy atom. The number of hydrogen-bond donors (Lipinski definition) is 1. The van der Waals surface area contributed by atoms with Gasteiger partial charge in [0.15, 0.2) is 0 Å². The third-order valence-corrected chi connectivity index (χ3v) is 4.73. The number of ether oxygens (including phenoxy) is 1. The molecule has 0 aliphatic carbocycles. The molecule has 0 saturated carbocycles. The van der Waals surface area contributed by atoms with Gasteiger partial charge in [-0.15, -0.1) is 0 Å². The van der Waals surface area contributed by atoms with Crippen LogP contribution in [0, 0.1) is 3.57 Å². The minimum atomic E-state index is -0.485. The fourth-order valence-corrected chi connectivity index (χ4v) is 4.04. The molecule has 1 amide bonds. The summed E-state index contributed by atoms with van der Waals surface area (Å²) in [6, 6.07) is 4.05. The van der Waals surface area contributed by atoms with E-state index in [4.69, 9.17) is 10.5 Å². The minimum Gasteiger partial charge on any atom is -0.444 e. The molecule has 2 N–H and O–H groups in total. The third-order valence-electron chi connectivity index (χ3n) is 3.30. The van der Waals surface area contributed by atoms with Gasteiger partial charge in [0.2, 0.25) is 0 Å². The van der Waals surface area contributed by atoms with E-state index >= 15 is 0 Å². The number of amides is 1. The quantitative estimate of drug-likeness (QED) is 0.583. The Labute approximate surface area is 147 Å². The second-order valence-electron chi connectivity index (χ2n) is 6.25. The molecule has 0 saturated heterocycles. The predicted octanol–water partition coefficient (Wildman–Crippen LogP) is 4.19. The fourth-order valence-electron chi connectivity index (χ4n) is 2.32. The maximum absolute atomic E-state index is 12.3. The van der Waals surface area contributed by atoms with Crippen molar-refractivity contribution in [3.05, 3.63) is 31.3 Å². The molecule has 1 aromatic rings. The monoisotopic (exact) mass is 466 g/mol. The summed E-state index contributed by atoms with van der Waals surface area (Å²) >= 11 is 5.81. The molecule has 2 rings (SSSR count). The number of carbonyl (C=O) groups excluding carboxylic acids is 1. The predicted molar refractivity (Wildman–Crippen MR) is 95.0 cm³/mol. The molecule has 1 atom stereocenters. The van der Waals surface area contributed by atoms with Gasteiger partial charge in [-0.3, -0.25) is 0 Å². The fraction of sp³-hybridized carbons (Fsp3) is 0.533. The van der Waals surface area contributed by atoms with Gasteiger partial charge in [-0.25, -0.2) is 4.79 Å². The number of nitrogens with zero attached hydrogens (tertiary/aromatic N) is 1. The highest BCUT2D eigenvalue weighted by atomic mass is 127. The van der Waals surface area contributed by atoms with Crippen LogP contribution in [-0.2, 0) is 11.3 Å². The van der Waals surface area contributed by atoms with Crippen molar-refractivity contribution in [3.63, 3.8) is 0 Å². The summed E-state index contributed by atoms with van der Waals surface area (Å²) in [7, 11) is 0. The SMILES string of the molecule is CC(C)(C)OC(=O)N1CC[C@H](N)c2cc(Br)cc(I)c2C1. The van der Waals surface area contributed by atoms with Crippen LogP contribution in [0.25, 0.3) is 0 Å². The third kappa shape index (κ3) is 4.32.